The van der Waals surface area contributed by atoms with Gasteiger partial charge in [-0.3, -0.25) is 14.7 Å². The molecular formula is C17H22N4O. The molecule has 0 aromatic carbocycles. The van der Waals surface area contributed by atoms with Crippen LogP contribution in [-0.4, -0.2) is 40.0 Å². The lowest BCUT2D eigenvalue weighted by Crippen LogP contribution is -2.40. The van der Waals surface area contributed by atoms with Gasteiger partial charge >= 0.3 is 0 Å². The van der Waals surface area contributed by atoms with E-state index in [2.05, 4.69) is 19.8 Å². The molecule has 1 fully saturated rings. The van der Waals surface area contributed by atoms with Crippen LogP contribution in [0.3, 0.4) is 0 Å². The lowest BCUT2D eigenvalue weighted by molar-refractivity contribution is -0.126. The predicted octanol–water partition coefficient (Wildman–Crippen LogP) is 1.84. The second-order valence-electron chi connectivity index (χ2n) is 5.64. The Morgan fingerprint density at radius 2 is 2.00 bits per heavy atom. The van der Waals surface area contributed by atoms with E-state index in [4.69, 9.17) is 0 Å². The van der Waals surface area contributed by atoms with Crippen LogP contribution in [0.4, 0.5) is 0 Å². The molecule has 0 bridgehead atoms. The molecule has 1 aliphatic heterocycles. The largest absolute Gasteiger partial charge is 0.353 e. The van der Waals surface area contributed by atoms with Gasteiger partial charge in [0.15, 0.2) is 0 Å². The Hall–Kier alpha value is -2.14. The summed E-state index contributed by atoms with van der Waals surface area (Å²) >= 11 is 0. The first-order chi connectivity index (χ1) is 10.8. The molecule has 5 nitrogen and oxygen atoms in total. The Bertz CT molecular complexity index is 576. The fourth-order valence-electron chi connectivity index (χ4n) is 2.99. The van der Waals surface area contributed by atoms with Gasteiger partial charge in [0.1, 0.15) is 6.04 Å². The SMILES string of the molecule is O=C(NCCn1cccc1)[C@H](c1cccnc1)N1CCCC1. The highest BCUT2D eigenvalue weighted by molar-refractivity contribution is 5.83. The molecule has 0 radical (unpaired) electrons. The van der Waals surface area contributed by atoms with Crippen LogP contribution in [0.2, 0.25) is 0 Å². The van der Waals surface area contributed by atoms with E-state index in [9.17, 15) is 4.79 Å². The third-order valence-electron chi connectivity index (χ3n) is 4.09. The Balaban J connectivity index is 1.64. The van der Waals surface area contributed by atoms with Crippen molar-refractivity contribution >= 4 is 5.91 Å². The average Bonchev–Trinajstić information content (AvgIpc) is 3.22. The summed E-state index contributed by atoms with van der Waals surface area (Å²) in [5, 5.41) is 3.07. The van der Waals surface area contributed by atoms with Crippen molar-refractivity contribution in [2.75, 3.05) is 19.6 Å². The Labute approximate surface area is 131 Å². The maximum atomic E-state index is 12.7. The number of amides is 1. The van der Waals surface area contributed by atoms with Gasteiger partial charge in [-0.2, -0.15) is 0 Å². The summed E-state index contributed by atoms with van der Waals surface area (Å²) in [5.41, 5.74) is 0.975. The van der Waals surface area contributed by atoms with E-state index in [0.717, 1.165) is 38.0 Å². The Morgan fingerprint density at radius 1 is 1.23 bits per heavy atom. The maximum Gasteiger partial charge on any atom is 0.242 e. The average molecular weight is 298 g/mol. The molecule has 0 aliphatic carbocycles. The molecule has 2 aromatic heterocycles. The molecule has 2 aromatic rings. The smallest absolute Gasteiger partial charge is 0.242 e. The third-order valence-corrected chi connectivity index (χ3v) is 4.09. The van der Waals surface area contributed by atoms with E-state index >= 15 is 0 Å². The number of nitrogens with one attached hydrogen (secondary N) is 1. The zero-order chi connectivity index (χ0) is 15.2. The molecule has 1 N–H and O–H groups in total. The number of likely N-dealkylation sites (tertiary alicyclic amines) is 1. The fourth-order valence-corrected chi connectivity index (χ4v) is 2.99. The molecule has 0 unspecified atom stereocenters. The number of hydrogen-bond donors (Lipinski definition) is 1. The number of aromatic nitrogens is 2. The molecule has 0 spiro atoms. The number of carbonyl (C=O) groups is 1. The van der Waals surface area contributed by atoms with Gasteiger partial charge in [-0.15, -0.1) is 0 Å². The number of rotatable bonds is 6. The second kappa shape index (κ2) is 7.22. The van der Waals surface area contributed by atoms with Gasteiger partial charge in [0.05, 0.1) is 0 Å². The van der Waals surface area contributed by atoms with Gasteiger partial charge < -0.3 is 9.88 Å². The first kappa shape index (κ1) is 14.8. The topological polar surface area (TPSA) is 50.2 Å². The van der Waals surface area contributed by atoms with Crippen LogP contribution in [0.25, 0.3) is 0 Å². The van der Waals surface area contributed by atoms with Crippen LogP contribution in [0, 0.1) is 0 Å². The van der Waals surface area contributed by atoms with Crippen molar-refractivity contribution < 1.29 is 4.79 Å². The minimum absolute atomic E-state index is 0.0713. The van der Waals surface area contributed by atoms with Crippen molar-refractivity contribution in [3.63, 3.8) is 0 Å². The summed E-state index contributed by atoms with van der Waals surface area (Å²) in [5.74, 6) is 0.0713. The van der Waals surface area contributed by atoms with Crippen molar-refractivity contribution in [2.24, 2.45) is 0 Å². The van der Waals surface area contributed by atoms with Crippen LogP contribution < -0.4 is 5.32 Å². The lowest BCUT2D eigenvalue weighted by Gasteiger charge is -2.26. The van der Waals surface area contributed by atoms with E-state index < -0.39 is 0 Å². The van der Waals surface area contributed by atoms with Crippen molar-refractivity contribution in [1.82, 2.24) is 19.8 Å². The van der Waals surface area contributed by atoms with E-state index in [1.54, 1.807) is 12.4 Å². The van der Waals surface area contributed by atoms with Gasteiger partial charge in [0, 0.05) is 37.9 Å². The molecular weight excluding hydrogens is 276 g/mol. The molecule has 5 heteroatoms. The van der Waals surface area contributed by atoms with Crippen molar-refractivity contribution in [1.29, 1.82) is 0 Å². The monoisotopic (exact) mass is 298 g/mol. The zero-order valence-electron chi connectivity index (χ0n) is 12.7. The summed E-state index contributed by atoms with van der Waals surface area (Å²) in [7, 11) is 0. The Morgan fingerprint density at radius 3 is 2.68 bits per heavy atom. The molecule has 116 valence electrons. The van der Waals surface area contributed by atoms with E-state index in [1.165, 1.54) is 0 Å². The molecule has 1 saturated heterocycles. The van der Waals surface area contributed by atoms with Crippen LogP contribution in [0.5, 0.6) is 0 Å². The van der Waals surface area contributed by atoms with Crippen LogP contribution >= 0.6 is 0 Å². The quantitative estimate of drug-likeness (QED) is 0.885. The summed E-state index contributed by atoms with van der Waals surface area (Å²) in [4.78, 5) is 19.1. The van der Waals surface area contributed by atoms with Crippen LogP contribution in [0.1, 0.15) is 24.4 Å². The highest BCUT2D eigenvalue weighted by atomic mass is 16.2. The van der Waals surface area contributed by atoms with Crippen molar-refractivity contribution in [2.45, 2.75) is 25.4 Å². The fraction of sp³-hybridized carbons (Fsp3) is 0.412. The molecule has 1 amide bonds. The van der Waals surface area contributed by atoms with Gasteiger partial charge in [0.2, 0.25) is 5.91 Å². The number of carbonyl (C=O) groups excluding carboxylic acids is 1. The number of hydrogen-bond acceptors (Lipinski definition) is 3. The Kier molecular flexibility index (Phi) is 4.85. The number of pyridine rings is 1. The maximum absolute atomic E-state index is 12.7. The molecule has 22 heavy (non-hydrogen) atoms. The van der Waals surface area contributed by atoms with Crippen LogP contribution in [0.15, 0.2) is 49.1 Å². The van der Waals surface area contributed by atoms with Crippen molar-refractivity contribution in [3.8, 4) is 0 Å². The van der Waals surface area contributed by atoms with Gasteiger partial charge in [-0.05, 0) is 49.7 Å². The molecule has 3 rings (SSSR count). The highest BCUT2D eigenvalue weighted by Gasteiger charge is 2.29. The zero-order valence-corrected chi connectivity index (χ0v) is 12.7. The standard InChI is InChI=1S/C17H22N4O/c22-17(19-8-13-20-9-1-2-10-20)16(21-11-3-4-12-21)15-6-5-7-18-14-15/h1-2,5-7,9-10,14,16H,3-4,8,11-13H2,(H,19,22)/t16-/m0/s1. The minimum Gasteiger partial charge on any atom is -0.353 e. The van der Waals surface area contributed by atoms with E-state index in [-0.39, 0.29) is 11.9 Å². The molecule has 1 atom stereocenters. The third kappa shape index (κ3) is 3.54. The second-order valence-corrected chi connectivity index (χ2v) is 5.64. The summed E-state index contributed by atoms with van der Waals surface area (Å²) in [6, 6.07) is 7.64. The van der Waals surface area contributed by atoms with Gasteiger partial charge in [-0.25, -0.2) is 0 Å². The van der Waals surface area contributed by atoms with Gasteiger partial charge in [-0.1, -0.05) is 6.07 Å². The lowest BCUT2D eigenvalue weighted by atomic mass is 10.1. The van der Waals surface area contributed by atoms with Crippen LogP contribution in [-0.2, 0) is 11.3 Å². The molecule has 0 saturated carbocycles. The summed E-state index contributed by atoms with van der Waals surface area (Å²) in [6.45, 7) is 3.38. The normalized spacial score (nSPS) is 16.5. The first-order valence-electron chi connectivity index (χ1n) is 7.87. The minimum atomic E-state index is -0.221. The summed E-state index contributed by atoms with van der Waals surface area (Å²) in [6.07, 6.45) is 9.88. The number of nitrogens with zero attached hydrogens (tertiary/aromatic N) is 3. The predicted molar refractivity (Wildman–Crippen MR) is 85.2 cm³/mol. The van der Waals surface area contributed by atoms with E-state index in [0.29, 0.717) is 6.54 Å². The summed E-state index contributed by atoms with van der Waals surface area (Å²) < 4.78 is 2.06. The van der Waals surface area contributed by atoms with Gasteiger partial charge in [0.25, 0.3) is 0 Å². The molecule has 1 aliphatic rings. The van der Waals surface area contributed by atoms with E-state index in [1.807, 2.05) is 36.7 Å². The van der Waals surface area contributed by atoms with Crippen molar-refractivity contribution in [3.05, 3.63) is 54.6 Å². The highest BCUT2D eigenvalue weighted by Crippen LogP contribution is 2.24. The molecule has 3 heterocycles. The first-order valence-corrected chi connectivity index (χ1v) is 7.87.